The van der Waals surface area contributed by atoms with E-state index in [4.69, 9.17) is 4.74 Å². The average molecular weight is 381 g/mol. The maximum atomic E-state index is 12.8. The van der Waals surface area contributed by atoms with E-state index in [0.717, 1.165) is 5.56 Å². The van der Waals surface area contributed by atoms with Gasteiger partial charge in [-0.05, 0) is 43.9 Å². The van der Waals surface area contributed by atoms with Gasteiger partial charge in [0.1, 0.15) is 11.5 Å². The van der Waals surface area contributed by atoms with Gasteiger partial charge in [-0.2, -0.15) is 0 Å². The Morgan fingerprint density at radius 3 is 2.57 bits per heavy atom. The predicted molar refractivity (Wildman–Crippen MR) is 105 cm³/mol. The minimum atomic E-state index is -0.694. The minimum absolute atomic E-state index is 0.0724. The van der Waals surface area contributed by atoms with Crippen LogP contribution in [0.1, 0.15) is 17.2 Å². The standard InChI is InChI=1S/C21H23N3O4/c1-23(2)11-12-24-18(14-7-9-22-10-8-14)17(20(26)21(24)27)19(25)15-5-4-6-16(13-15)28-3/h4-10,13,18,25H,11-12H2,1-3H3/t18-/m0/s1. The highest BCUT2D eigenvalue weighted by Crippen LogP contribution is 2.39. The van der Waals surface area contributed by atoms with Crippen LogP contribution < -0.4 is 4.74 Å². The van der Waals surface area contributed by atoms with Gasteiger partial charge in [-0.15, -0.1) is 0 Å². The van der Waals surface area contributed by atoms with Crippen molar-refractivity contribution in [1.29, 1.82) is 0 Å². The summed E-state index contributed by atoms with van der Waals surface area (Å²) >= 11 is 0. The van der Waals surface area contributed by atoms with E-state index >= 15 is 0 Å². The molecule has 1 fully saturated rings. The van der Waals surface area contributed by atoms with Crippen LogP contribution in [0.5, 0.6) is 5.75 Å². The topological polar surface area (TPSA) is 83.0 Å². The molecule has 1 saturated heterocycles. The van der Waals surface area contributed by atoms with Crippen LogP contribution in [0, 0.1) is 0 Å². The van der Waals surface area contributed by atoms with Crippen LogP contribution in [-0.4, -0.2) is 65.9 Å². The third kappa shape index (κ3) is 3.75. The van der Waals surface area contributed by atoms with Gasteiger partial charge < -0.3 is 19.6 Å². The second kappa shape index (κ2) is 8.22. The van der Waals surface area contributed by atoms with Gasteiger partial charge in [0.2, 0.25) is 0 Å². The first kappa shape index (κ1) is 19.6. The third-order valence-electron chi connectivity index (χ3n) is 4.69. The van der Waals surface area contributed by atoms with Gasteiger partial charge in [0.15, 0.2) is 0 Å². The summed E-state index contributed by atoms with van der Waals surface area (Å²) in [4.78, 5) is 33.0. The van der Waals surface area contributed by atoms with Gasteiger partial charge in [-0.3, -0.25) is 14.6 Å². The summed E-state index contributed by atoms with van der Waals surface area (Å²) in [7, 11) is 5.32. The maximum absolute atomic E-state index is 12.8. The van der Waals surface area contributed by atoms with E-state index in [1.165, 1.54) is 12.0 Å². The Hall–Kier alpha value is -3.19. The number of carbonyl (C=O) groups is 2. The Bertz CT molecular complexity index is 909. The first-order chi connectivity index (χ1) is 13.4. The molecule has 7 heteroatoms. The SMILES string of the molecule is COc1cccc(C(O)=C2C(=O)C(=O)N(CCN(C)C)[C@H]2c2ccncc2)c1. The highest BCUT2D eigenvalue weighted by molar-refractivity contribution is 6.46. The lowest BCUT2D eigenvalue weighted by molar-refractivity contribution is -0.140. The normalized spacial score (nSPS) is 18.7. The molecular formula is C21H23N3O4. The van der Waals surface area contributed by atoms with Crippen LogP contribution in [0.4, 0.5) is 0 Å². The number of methoxy groups -OCH3 is 1. The molecule has 1 atom stereocenters. The Balaban J connectivity index is 2.13. The zero-order valence-corrected chi connectivity index (χ0v) is 16.1. The molecule has 1 N–H and O–H groups in total. The molecule has 0 aliphatic carbocycles. The van der Waals surface area contributed by atoms with Crippen LogP contribution in [0.2, 0.25) is 0 Å². The molecule has 0 spiro atoms. The Morgan fingerprint density at radius 1 is 1.21 bits per heavy atom. The van der Waals surface area contributed by atoms with Crippen molar-refractivity contribution >= 4 is 17.4 Å². The Kier molecular flexibility index (Phi) is 5.75. The number of amides is 1. The number of nitrogens with zero attached hydrogens (tertiary/aromatic N) is 3. The molecule has 0 radical (unpaired) electrons. The number of rotatable bonds is 6. The minimum Gasteiger partial charge on any atom is -0.507 e. The quantitative estimate of drug-likeness (QED) is 0.469. The summed E-state index contributed by atoms with van der Waals surface area (Å²) < 4.78 is 5.20. The summed E-state index contributed by atoms with van der Waals surface area (Å²) in [5, 5.41) is 11.0. The number of carbonyl (C=O) groups excluding carboxylic acids is 2. The lowest BCUT2D eigenvalue weighted by Crippen LogP contribution is -2.35. The maximum Gasteiger partial charge on any atom is 0.295 e. The molecular weight excluding hydrogens is 358 g/mol. The second-order valence-electron chi connectivity index (χ2n) is 6.81. The van der Waals surface area contributed by atoms with Gasteiger partial charge in [0.25, 0.3) is 11.7 Å². The Morgan fingerprint density at radius 2 is 1.93 bits per heavy atom. The van der Waals surface area contributed by atoms with Crippen LogP contribution in [0.25, 0.3) is 5.76 Å². The van der Waals surface area contributed by atoms with Crippen molar-refractivity contribution in [2.75, 3.05) is 34.3 Å². The molecule has 146 valence electrons. The molecule has 3 rings (SSSR count). The molecule has 1 amide bonds. The molecule has 2 heterocycles. The number of Topliss-reactive ketones (excluding diaryl/α,β-unsaturated/α-hetero) is 1. The van der Waals surface area contributed by atoms with Crippen molar-refractivity contribution in [1.82, 2.24) is 14.8 Å². The zero-order valence-electron chi connectivity index (χ0n) is 16.1. The largest absolute Gasteiger partial charge is 0.507 e. The number of likely N-dealkylation sites (N-methyl/N-ethyl adjacent to an activating group) is 1. The van der Waals surface area contributed by atoms with E-state index < -0.39 is 17.7 Å². The number of ether oxygens (including phenoxy) is 1. The highest BCUT2D eigenvalue weighted by atomic mass is 16.5. The van der Waals surface area contributed by atoms with Crippen LogP contribution >= 0.6 is 0 Å². The predicted octanol–water partition coefficient (Wildman–Crippen LogP) is 2.07. The molecule has 0 bridgehead atoms. The van der Waals surface area contributed by atoms with Crippen LogP contribution in [-0.2, 0) is 9.59 Å². The first-order valence-electron chi connectivity index (χ1n) is 8.91. The van der Waals surface area contributed by atoms with Crippen molar-refractivity contribution < 1.29 is 19.4 Å². The van der Waals surface area contributed by atoms with Gasteiger partial charge >= 0.3 is 0 Å². The van der Waals surface area contributed by atoms with Crippen molar-refractivity contribution in [3.8, 4) is 5.75 Å². The van der Waals surface area contributed by atoms with Gasteiger partial charge in [-0.1, -0.05) is 12.1 Å². The number of hydrogen-bond acceptors (Lipinski definition) is 6. The molecule has 1 aromatic heterocycles. The summed E-state index contributed by atoms with van der Waals surface area (Å²) in [5.74, 6) is -0.980. The average Bonchev–Trinajstić information content (AvgIpc) is 2.97. The number of hydrogen-bond donors (Lipinski definition) is 1. The molecule has 1 aliphatic heterocycles. The van der Waals surface area contributed by atoms with Crippen molar-refractivity contribution in [2.24, 2.45) is 0 Å². The highest BCUT2D eigenvalue weighted by Gasteiger charge is 2.45. The monoisotopic (exact) mass is 381 g/mol. The lowest BCUT2D eigenvalue weighted by atomic mass is 9.96. The van der Waals surface area contributed by atoms with E-state index in [9.17, 15) is 14.7 Å². The number of pyridine rings is 1. The van der Waals surface area contributed by atoms with E-state index in [0.29, 0.717) is 24.4 Å². The molecule has 1 aliphatic rings. The van der Waals surface area contributed by atoms with Crippen molar-refractivity contribution in [3.05, 3.63) is 65.5 Å². The number of aliphatic hydroxyl groups excluding tert-OH is 1. The molecule has 1 aromatic carbocycles. The van der Waals surface area contributed by atoms with Crippen LogP contribution in [0.15, 0.2) is 54.4 Å². The molecule has 0 saturated carbocycles. The number of ketones is 1. The van der Waals surface area contributed by atoms with E-state index in [1.807, 2.05) is 19.0 Å². The molecule has 28 heavy (non-hydrogen) atoms. The first-order valence-corrected chi connectivity index (χ1v) is 8.91. The number of aliphatic hydroxyl groups is 1. The van der Waals surface area contributed by atoms with Gasteiger partial charge in [-0.25, -0.2) is 0 Å². The van der Waals surface area contributed by atoms with Crippen molar-refractivity contribution in [3.63, 3.8) is 0 Å². The molecule has 0 unspecified atom stereocenters. The van der Waals surface area contributed by atoms with Gasteiger partial charge in [0.05, 0.1) is 18.7 Å². The summed E-state index contributed by atoms with van der Waals surface area (Å²) in [6.07, 6.45) is 3.21. The fourth-order valence-electron chi connectivity index (χ4n) is 3.24. The smallest absolute Gasteiger partial charge is 0.295 e. The number of likely N-dealkylation sites (tertiary alicyclic amines) is 1. The lowest BCUT2D eigenvalue weighted by Gasteiger charge is -2.26. The Labute approximate surface area is 163 Å². The fourth-order valence-corrected chi connectivity index (χ4v) is 3.24. The van der Waals surface area contributed by atoms with E-state index in [2.05, 4.69) is 4.98 Å². The fraction of sp³-hybridized carbons (Fsp3) is 0.286. The summed E-state index contributed by atoms with van der Waals surface area (Å²) in [5.41, 5.74) is 1.21. The zero-order chi connectivity index (χ0) is 20.3. The summed E-state index contributed by atoms with van der Waals surface area (Å²) in [6, 6.07) is 9.59. The summed E-state index contributed by atoms with van der Waals surface area (Å²) in [6.45, 7) is 0.952. The van der Waals surface area contributed by atoms with Crippen molar-refractivity contribution in [2.45, 2.75) is 6.04 Å². The van der Waals surface area contributed by atoms with Crippen LogP contribution in [0.3, 0.4) is 0 Å². The van der Waals surface area contributed by atoms with E-state index in [-0.39, 0.29) is 11.3 Å². The second-order valence-corrected chi connectivity index (χ2v) is 6.81. The van der Waals surface area contributed by atoms with E-state index in [1.54, 1.807) is 48.8 Å². The molecule has 7 nitrogen and oxygen atoms in total. The number of aromatic nitrogens is 1. The van der Waals surface area contributed by atoms with Gasteiger partial charge in [0, 0.05) is 31.0 Å². The molecule has 2 aromatic rings. The third-order valence-corrected chi connectivity index (χ3v) is 4.69. The number of benzene rings is 1.